The average molecular weight is 390 g/mol. The van der Waals surface area contributed by atoms with E-state index in [9.17, 15) is 4.39 Å². The second-order valence-corrected chi connectivity index (χ2v) is 6.85. The minimum Gasteiger partial charge on any atom is -0.370 e. The Morgan fingerprint density at radius 3 is 2.72 bits per heavy atom. The van der Waals surface area contributed by atoms with Crippen LogP contribution in [0, 0.1) is 5.82 Å². The normalized spacial score (nSPS) is 13.6. The van der Waals surface area contributed by atoms with Crippen molar-refractivity contribution in [2.45, 2.75) is 6.42 Å². The highest BCUT2D eigenvalue weighted by Gasteiger charge is 2.06. The maximum atomic E-state index is 13.5. The first kappa shape index (κ1) is 19.0. The molecule has 1 aliphatic rings. The van der Waals surface area contributed by atoms with Crippen LogP contribution in [0.25, 0.3) is 11.1 Å². The van der Waals surface area contributed by atoms with Gasteiger partial charge in [-0.1, -0.05) is 24.3 Å². The first-order chi connectivity index (χ1) is 14.3. The van der Waals surface area contributed by atoms with E-state index in [1.54, 1.807) is 12.3 Å². The molecule has 0 aliphatic carbocycles. The standard InChI is InChI=1S/C22H23FN6/c23-19-6-1-4-17(14-19)18-5-2-7-20(15-18)27-22-26-10-8-21(28-22)25-9-3-12-29-13-11-24-16-29/h1-2,4-8,10-11,14-15H,3,9,12-13,16H2,(H2,25,26,27,28). The summed E-state index contributed by atoms with van der Waals surface area (Å²) < 4.78 is 13.5. The zero-order valence-corrected chi connectivity index (χ0v) is 16.1. The molecule has 0 atom stereocenters. The largest absolute Gasteiger partial charge is 0.370 e. The van der Waals surface area contributed by atoms with Crippen LogP contribution in [0.5, 0.6) is 0 Å². The molecule has 29 heavy (non-hydrogen) atoms. The molecule has 0 radical (unpaired) electrons. The number of aliphatic imine (C=N–C) groups is 1. The van der Waals surface area contributed by atoms with Crippen LogP contribution < -0.4 is 10.6 Å². The third kappa shape index (κ3) is 5.36. The first-order valence-electron chi connectivity index (χ1n) is 9.67. The van der Waals surface area contributed by atoms with Crippen molar-refractivity contribution in [3.8, 4) is 11.1 Å². The van der Waals surface area contributed by atoms with Crippen molar-refractivity contribution in [2.24, 2.45) is 4.99 Å². The van der Waals surface area contributed by atoms with Gasteiger partial charge in [-0.05, 0) is 47.9 Å². The van der Waals surface area contributed by atoms with Gasteiger partial charge in [0, 0.05) is 37.7 Å². The lowest BCUT2D eigenvalue weighted by molar-refractivity contribution is 0.341. The highest BCUT2D eigenvalue weighted by molar-refractivity contribution is 5.69. The van der Waals surface area contributed by atoms with Crippen LogP contribution in [0.2, 0.25) is 0 Å². The summed E-state index contributed by atoms with van der Waals surface area (Å²) in [4.78, 5) is 15.3. The Morgan fingerprint density at radius 1 is 1.03 bits per heavy atom. The van der Waals surface area contributed by atoms with Crippen molar-refractivity contribution >= 4 is 23.7 Å². The minimum atomic E-state index is -0.250. The average Bonchev–Trinajstić information content (AvgIpc) is 3.25. The maximum Gasteiger partial charge on any atom is 0.229 e. The molecule has 148 valence electrons. The number of anilines is 3. The van der Waals surface area contributed by atoms with Crippen molar-refractivity contribution in [2.75, 3.05) is 36.9 Å². The van der Waals surface area contributed by atoms with E-state index >= 15 is 0 Å². The monoisotopic (exact) mass is 390 g/mol. The molecule has 0 saturated carbocycles. The third-order valence-electron chi connectivity index (χ3n) is 4.64. The predicted molar refractivity (Wildman–Crippen MR) is 115 cm³/mol. The molecule has 3 aromatic rings. The second kappa shape index (κ2) is 9.25. The highest BCUT2D eigenvalue weighted by Crippen LogP contribution is 2.24. The molecule has 2 heterocycles. The fourth-order valence-electron chi connectivity index (χ4n) is 3.18. The summed E-state index contributed by atoms with van der Waals surface area (Å²) in [5.74, 6) is 1.04. The molecule has 0 amide bonds. The highest BCUT2D eigenvalue weighted by atomic mass is 19.1. The van der Waals surface area contributed by atoms with E-state index in [1.165, 1.54) is 12.1 Å². The summed E-state index contributed by atoms with van der Waals surface area (Å²) in [5, 5.41) is 6.56. The van der Waals surface area contributed by atoms with E-state index in [4.69, 9.17) is 0 Å². The fraction of sp³-hybridized carbons (Fsp3) is 0.227. The van der Waals surface area contributed by atoms with Crippen molar-refractivity contribution in [1.29, 1.82) is 0 Å². The van der Waals surface area contributed by atoms with Crippen LogP contribution in [0.3, 0.4) is 0 Å². The van der Waals surface area contributed by atoms with Gasteiger partial charge in [-0.3, -0.25) is 9.89 Å². The maximum absolute atomic E-state index is 13.5. The van der Waals surface area contributed by atoms with E-state index in [2.05, 4.69) is 30.5 Å². The number of nitrogens with one attached hydrogen (secondary N) is 2. The summed E-state index contributed by atoms with van der Waals surface area (Å²) >= 11 is 0. The van der Waals surface area contributed by atoms with Gasteiger partial charge in [0.15, 0.2) is 0 Å². The van der Waals surface area contributed by atoms with E-state index in [0.29, 0.717) is 5.95 Å². The number of rotatable bonds is 8. The summed E-state index contributed by atoms with van der Waals surface area (Å²) in [5.41, 5.74) is 2.60. The van der Waals surface area contributed by atoms with Gasteiger partial charge in [0.25, 0.3) is 0 Å². The molecular formula is C22H23FN6. The van der Waals surface area contributed by atoms with Crippen molar-refractivity contribution in [1.82, 2.24) is 14.9 Å². The number of hydrogen-bond donors (Lipinski definition) is 2. The fourth-order valence-corrected chi connectivity index (χ4v) is 3.18. The molecule has 6 nitrogen and oxygen atoms in total. The van der Waals surface area contributed by atoms with Crippen LogP contribution in [0.4, 0.5) is 21.8 Å². The minimum absolute atomic E-state index is 0.250. The number of benzene rings is 2. The van der Waals surface area contributed by atoms with Crippen LogP contribution >= 0.6 is 0 Å². The quantitative estimate of drug-likeness (QED) is 0.565. The summed E-state index contributed by atoms with van der Waals surface area (Å²) in [6, 6.07) is 16.2. The van der Waals surface area contributed by atoms with Gasteiger partial charge >= 0.3 is 0 Å². The van der Waals surface area contributed by atoms with Gasteiger partial charge in [0.05, 0.1) is 6.67 Å². The SMILES string of the molecule is Fc1cccc(-c2cccc(Nc3nccc(NCCCN4CC=NC4)n3)c2)c1. The summed E-state index contributed by atoms with van der Waals surface area (Å²) in [6.45, 7) is 3.59. The van der Waals surface area contributed by atoms with E-state index in [-0.39, 0.29) is 5.82 Å². The molecule has 0 fully saturated rings. The molecule has 0 spiro atoms. The van der Waals surface area contributed by atoms with Gasteiger partial charge in [-0.15, -0.1) is 0 Å². The lowest BCUT2D eigenvalue weighted by Gasteiger charge is -2.13. The molecule has 2 N–H and O–H groups in total. The number of nitrogens with zero attached hydrogens (tertiary/aromatic N) is 4. The Bertz CT molecular complexity index is 982. The van der Waals surface area contributed by atoms with E-state index in [0.717, 1.165) is 55.4 Å². The molecule has 0 saturated heterocycles. The molecule has 0 unspecified atom stereocenters. The number of hydrogen-bond acceptors (Lipinski definition) is 6. The smallest absolute Gasteiger partial charge is 0.229 e. The summed E-state index contributed by atoms with van der Waals surface area (Å²) in [6.07, 6.45) is 4.70. The van der Waals surface area contributed by atoms with Crippen molar-refractivity contribution < 1.29 is 4.39 Å². The summed E-state index contributed by atoms with van der Waals surface area (Å²) in [7, 11) is 0. The van der Waals surface area contributed by atoms with E-state index < -0.39 is 0 Å². The Balaban J connectivity index is 1.35. The van der Waals surface area contributed by atoms with Crippen molar-refractivity contribution in [3.05, 3.63) is 66.6 Å². The zero-order chi connectivity index (χ0) is 19.9. The lowest BCUT2D eigenvalue weighted by Crippen LogP contribution is -2.23. The molecule has 2 aromatic carbocycles. The van der Waals surface area contributed by atoms with Crippen LogP contribution in [-0.2, 0) is 0 Å². The molecule has 1 aromatic heterocycles. The Morgan fingerprint density at radius 2 is 1.90 bits per heavy atom. The van der Waals surface area contributed by atoms with Crippen LogP contribution in [0.1, 0.15) is 6.42 Å². The van der Waals surface area contributed by atoms with Gasteiger partial charge in [0.2, 0.25) is 5.95 Å². The Labute approximate surface area is 169 Å². The number of aromatic nitrogens is 2. The molecule has 7 heteroatoms. The lowest BCUT2D eigenvalue weighted by atomic mass is 10.1. The Kier molecular flexibility index (Phi) is 6.07. The van der Waals surface area contributed by atoms with Gasteiger partial charge < -0.3 is 10.6 Å². The zero-order valence-electron chi connectivity index (χ0n) is 16.1. The van der Waals surface area contributed by atoms with Gasteiger partial charge in [-0.25, -0.2) is 9.37 Å². The van der Waals surface area contributed by atoms with Crippen molar-refractivity contribution in [3.63, 3.8) is 0 Å². The van der Waals surface area contributed by atoms with Crippen LogP contribution in [-0.4, -0.2) is 47.4 Å². The number of halogens is 1. The van der Waals surface area contributed by atoms with Gasteiger partial charge in [-0.2, -0.15) is 4.98 Å². The second-order valence-electron chi connectivity index (χ2n) is 6.85. The van der Waals surface area contributed by atoms with Gasteiger partial charge in [0.1, 0.15) is 11.6 Å². The Hall–Kier alpha value is -3.32. The molecular weight excluding hydrogens is 367 g/mol. The molecule has 0 bridgehead atoms. The topological polar surface area (TPSA) is 65.4 Å². The van der Waals surface area contributed by atoms with E-state index in [1.807, 2.05) is 42.6 Å². The first-order valence-corrected chi connectivity index (χ1v) is 9.67. The van der Waals surface area contributed by atoms with Crippen LogP contribution in [0.15, 0.2) is 65.8 Å². The third-order valence-corrected chi connectivity index (χ3v) is 4.64. The predicted octanol–water partition coefficient (Wildman–Crippen LogP) is 4.17. The molecule has 4 rings (SSSR count). The molecule has 1 aliphatic heterocycles.